The molecule has 1 fully saturated rings. The largest absolute Gasteiger partial charge is 0.497 e. The predicted octanol–water partition coefficient (Wildman–Crippen LogP) is 2.11. The van der Waals surface area contributed by atoms with E-state index in [1.807, 2.05) is 42.2 Å². The van der Waals surface area contributed by atoms with Crippen LogP contribution in [0.1, 0.15) is 18.9 Å². The molecule has 1 aromatic carbocycles. The van der Waals surface area contributed by atoms with Gasteiger partial charge in [-0.05, 0) is 31.0 Å². The Morgan fingerprint density at radius 3 is 2.65 bits per heavy atom. The Kier molecular flexibility index (Phi) is 5.61. The van der Waals surface area contributed by atoms with Crippen molar-refractivity contribution in [1.29, 1.82) is 0 Å². The molecule has 8 heteroatoms. The van der Waals surface area contributed by atoms with Crippen molar-refractivity contribution in [2.45, 2.75) is 25.9 Å². The molecule has 0 spiro atoms. The molecule has 140 valence electrons. The van der Waals surface area contributed by atoms with Crippen molar-refractivity contribution in [2.75, 3.05) is 35.4 Å². The SMILES string of the molecule is CCN(c1cc(NCc2ccc(OC)cc2)ncn1)C1CCS(=O)(=O)C1. The van der Waals surface area contributed by atoms with Gasteiger partial charge in [-0.1, -0.05) is 12.1 Å². The lowest BCUT2D eigenvalue weighted by atomic mass is 10.2. The lowest BCUT2D eigenvalue weighted by Crippen LogP contribution is -2.36. The van der Waals surface area contributed by atoms with Crippen LogP contribution in [0.25, 0.3) is 0 Å². The Morgan fingerprint density at radius 1 is 1.27 bits per heavy atom. The minimum atomic E-state index is -2.93. The monoisotopic (exact) mass is 376 g/mol. The second-order valence-corrected chi connectivity index (χ2v) is 8.53. The number of nitrogens with zero attached hydrogens (tertiary/aromatic N) is 3. The number of sulfone groups is 1. The molecule has 1 aliphatic heterocycles. The maximum absolute atomic E-state index is 11.8. The van der Waals surface area contributed by atoms with Gasteiger partial charge in [-0.2, -0.15) is 0 Å². The molecule has 2 heterocycles. The molecule has 0 aliphatic carbocycles. The Hall–Kier alpha value is -2.35. The fourth-order valence-corrected chi connectivity index (χ4v) is 4.90. The van der Waals surface area contributed by atoms with Gasteiger partial charge in [0.25, 0.3) is 0 Å². The molecule has 1 aromatic heterocycles. The number of benzene rings is 1. The third-order valence-electron chi connectivity index (χ3n) is 4.57. The number of nitrogens with one attached hydrogen (secondary N) is 1. The summed E-state index contributed by atoms with van der Waals surface area (Å²) < 4.78 is 28.7. The van der Waals surface area contributed by atoms with E-state index in [1.165, 1.54) is 6.33 Å². The summed E-state index contributed by atoms with van der Waals surface area (Å²) >= 11 is 0. The van der Waals surface area contributed by atoms with E-state index in [4.69, 9.17) is 4.74 Å². The highest BCUT2D eigenvalue weighted by Gasteiger charge is 2.32. The summed E-state index contributed by atoms with van der Waals surface area (Å²) in [5.41, 5.74) is 1.11. The van der Waals surface area contributed by atoms with Crippen molar-refractivity contribution in [2.24, 2.45) is 0 Å². The molecule has 0 bridgehead atoms. The average molecular weight is 376 g/mol. The zero-order valence-corrected chi connectivity index (χ0v) is 15.9. The summed E-state index contributed by atoms with van der Waals surface area (Å²) in [6.45, 7) is 3.34. The molecule has 2 aromatic rings. The number of ether oxygens (including phenoxy) is 1. The van der Waals surface area contributed by atoms with E-state index in [2.05, 4.69) is 15.3 Å². The molecule has 0 saturated carbocycles. The first kappa shape index (κ1) is 18.4. The number of rotatable bonds is 7. The van der Waals surface area contributed by atoms with Gasteiger partial charge in [0, 0.05) is 25.2 Å². The Labute approximate surface area is 154 Å². The van der Waals surface area contributed by atoms with Crippen LogP contribution in [-0.4, -0.2) is 49.6 Å². The Balaban J connectivity index is 1.68. The van der Waals surface area contributed by atoms with Crippen LogP contribution in [0.15, 0.2) is 36.7 Å². The zero-order valence-electron chi connectivity index (χ0n) is 15.1. The van der Waals surface area contributed by atoms with E-state index in [0.29, 0.717) is 25.3 Å². The highest BCUT2D eigenvalue weighted by atomic mass is 32.2. The molecule has 26 heavy (non-hydrogen) atoms. The molecule has 0 amide bonds. The summed E-state index contributed by atoms with van der Waals surface area (Å²) in [6.07, 6.45) is 2.16. The summed E-state index contributed by atoms with van der Waals surface area (Å²) in [7, 11) is -1.29. The molecule has 1 saturated heterocycles. The van der Waals surface area contributed by atoms with E-state index in [1.54, 1.807) is 7.11 Å². The summed E-state index contributed by atoms with van der Waals surface area (Å²) in [4.78, 5) is 10.7. The zero-order chi connectivity index (χ0) is 18.6. The van der Waals surface area contributed by atoms with E-state index >= 15 is 0 Å². The minimum Gasteiger partial charge on any atom is -0.497 e. The van der Waals surface area contributed by atoms with Gasteiger partial charge in [-0.25, -0.2) is 18.4 Å². The van der Waals surface area contributed by atoms with Crippen LogP contribution in [0, 0.1) is 0 Å². The molecule has 1 atom stereocenters. The number of anilines is 2. The maximum atomic E-state index is 11.8. The lowest BCUT2D eigenvalue weighted by molar-refractivity contribution is 0.414. The predicted molar refractivity (Wildman–Crippen MR) is 102 cm³/mol. The third kappa shape index (κ3) is 4.43. The lowest BCUT2D eigenvalue weighted by Gasteiger charge is -2.28. The third-order valence-corrected chi connectivity index (χ3v) is 6.32. The average Bonchev–Trinajstić information content (AvgIpc) is 3.01. The first-order valence-corrected chi connectivity index (χ1v) is 10.5. The van der Waals surface area contributed by atoms with Crippen LogP contribution in [-0.2, 0) is 16.4 Å². The number of methoxy groups -OCH3 is 1. The van der Waals surface area contributed by atoms with Gasteiger partial charge in [-0.3, -0.25) is 0 Å². The van der Waals surface area contributed by atoms with E-state index < -0.39 is 9.84 Å². The van der Waals surface area contributed by atoms with Gasteiger partial charge < -0.3 is 15.0 Å². The van der Waals surface area contributed by atoms with Crippen molar-refractivity contribution in [3.8, 4) is 5.75 Å². The second-order valence-electron chi connectivity index (χ2n) is 6.31. The van der Waals surface area contributed by atoms with E-state index in [0.717, 1.165) is 17.1 Å². The van der Waals surface area contributed by atoms with Crippen LogP contribution in [0.3, 0.4) is 0 Å². The van der Waals surface area contributed by atoms with Crippen LogP contribution in [0.5, 0.6) is 5.75 Å². The van der Waals surface area contributed by atoms with Crippen molar-refractivity contribution < 1.29 is 13.2 Å². The molecule has 3 rings (SSSR count). The standard InChI is InChI=1S/C18H24N4O3S/c1-3-22(15-8-9-26(23,24)12-15)18-10-17(20-13-21-18)19-11-14-4-6-16(25-2)7-5-14/h4-7,10,13,15H,3,8-9,11-12H2,1-2H3,(H,19,20,21). The molecule has 7 nitrogen and oxygen atoms in total. The van der Waals surface area contributed by atoms with Gasteiger partial charge in [0.15, 0.2) is 9.84 Å². The number of hydrogen-bond acceptors (Lipinski definition) is 7. The van der Waals surface area contributed by atoms with Crippen LogP contribution < -0.4 is 15.0 Å². The highest BCUT2D eigenvalue weighted by molar-refractivity contribution is 7.91. The number of aromatic nitrogens is 2. The van der Waals surface area contributed by atoms with E-state index in [9.17, 15) is 8.42 Å². The molecule has 1 N–H and O–H groups in total. The van der Waals surface area contributed by atoms with E-state index in [-0.39, 0.29) is 17.5 Å². The minimum absolute atomic E-state index is 0.0191. The van der Waals surface area contributed by atoms with Gasteiger partial charge in [0.2, 0.25) is 0 Å². The Morgan fingerprint density at radius 2 is 2.04 bits per heavy atom. The fourth-order valence-electron chi connectivity index (χ4n) is 3.17. The van der Waals surface area contributed by atoms with Crippen molar-refractivity contribution in [3.63, 3.8) is 0 Å². The summed E-state index contributed by atoms with van der Waals surface area (Å²) in [5.74, 6) is 2.73. The van der Waals surface area contributed by atoms with Crippen molar-refractivity contribution >= 4 is 21.5 Å². The smallest absolute Gasteiger partial charge is 0.152 e. The summed E-state index contributed by atoms with van der Waals surface area (Å²) in [6, 6.07) is 9.68. The highest BCUT2D eigenvalue weighted by Crippen LogP contribution is 2.24. The first-order chi connectivity index (χ1) is 12.5. The van der Waals surface area contributed by atoms with Crippen molar-refractivity contribution in [1.82, 2.24) is 9.97 Å². The van der Waals surface area contributed by atoms with Gasteiger partial charge in [0.1, 0.15) is 23.7 Å². The van der Waals surface area contributed by atoms with Crippen LogP contribution in [0.4, 0.5) is 11.6 Å². The molecular formula is C18H24N4O3S. The fraction of sp³-hybridized carbons (Fsp3) is 0.444. The first-order valence-electron chi connectivity index (χ1n) is 8.66. The summed E-state index contributed by atoms with van der Waals surface area (Å²) in [5, 5.41) is 3.29. The topological polar surface area (TPSA) is 84.4 Å². The quantitative estimate of drug-likeness (QED) is 0.792. The number of hydrogen-bond donors (Lipinski definition) is 1. The molecule has 0 radical (unpaired) electrons. The molecule has 1 unspecified atom stereocenters. The van der Waals surface area contributed by atoms with Gasteiger partial charge in [-0.15, -0.1) is 0 Å². The van der Waals surface area contributed by atoms with Gasteiger partial charge in [0.05, 0.1) is 18.6 Å². The second kappa shape index (κ2) is 7.90. The van der Waals surface area contributed by atoms with Crippen molar-refractivity contribution in [3.05, 3.63) is 42.2 Å². The van der Waals surface area contributed by atoms with Gasteiger partial charge >= 0.3 is 0 Å². The Bertz CT molecular complexity index is 840. The van der Waals surface area contributed by atoms with Crippen LogP contribution in [0.2, 0.25) is 0 Å². The maximum Gasteiger partial charge on any atom is 0.152 e. The molecular weight excluding hydrogens is 352 g/mol. The normalized spacial score (nSPS) is 18.5. The van der Waals surface area contributed by atoms with Crippen LogP contribution >= 0.6 is 0 Å². The molecule has 1 aliphatic rings.